The van der Waals surface area contributed by atoms with E-state index in [2.05, 4.69) is 28.0 Å². The number of aromatic nitrogens is 1. The van der Waals surface area contributed by atoms with Crippen molar-refractivity contribution in [2.24, 2.45) is 0 Å². The molecule has 1 heterocycles. The van der Waals surface area contributed by atoms with Crippen molar-refractivity contribution in [2.45, 2.75) is 13.3 Å². The van der Waals surface area contributed by atoms with Crippen molar-refractivity contribution in [1.29, 1.82) is 0 Å². The first kappa shape index (κ1) is 14.3. The molecule has 6 heteroatoms. The van der Waals surface area contributed by atoms with Crippen LogP contribution in [0.1, 0.15) is 12.5 Å². The summed E-state index contributed by atoms with van der Waals surface area (Å²) in [5, 5.41) is 3.27. The van der Waals surface area contributed by atoms with E-state index < -0.39 is 10.0 Å². The number of hydrogen-bond donors (Lipinski definition) is 2. The van der Waals surface area contributed by atoms with Gasteiger partial charge in [-0.15, -0.1) is 0 Å². The van der Waals surface area contributed by atoms with E-state index in [0.717, 1.165) is 24.1 Å². The zero-order valence-corrected chi connectivity index (χ0v) is 12.2. The number of aryl methyl sites for hydroxylation is 1. The van der Waals surface area contributed by atoms with Crippen LogP contribution >= 0.6 is 0 Å². The van der Waals surface area contributed by atoms with Crippen LogP contribution in [0.25, 0.3) is 0 Å². The molecule has 0 saturated heterocycles. The first-order valence-electron chi connectivity index (χ1n) is 6.26. The molecule has 0 aliphatic heterocycles. The Hall–Kier alpha value is -2.08. The number of rotatable bonds is 5. The second kappa shape index (κ2) is 5.92. The lowest BCUT2D eigenvalue weighted by molar-refractivity contribution is 0.606. The largest absolute Gasteiger partial charge is 0.354 e. The Balaban J connectivity index is 2.15. The van der Waals surface area contributed by atoms with Crippen LogP contribution in [0, 0.1) is 0 Å². The summed E-state index contributed by atoms with van der Waals surface area (Å²) in [4.78, 5) is 4.06. The number of hydrogen-bond acceptors (Lipinski definition) is 4. The number of anilines is 3. The quantitative estimate of drug-likeness (QED) is 0.888. The number of pyridine rings is 1. The second-order valence-electron chi connectivity index (χ2n) is 4.44. The second-order valence-corrected chi connectivity index (χ2v) is 6.19. The van der Waals surface area contributed by atoms with Gasteiger partial charge in [-0.2, -0.15) is 0 Å². The van der Waals surface area contributed by atoms with Gasteiger partial charge in [0.2, 0.25) is 10.0 Å². The van der Waals surface area contributed by atoms with Crippen molar-refractivity contribution in [3.63, 3.8) is 0 Å². The first-order valence-corrected chi connectivity index (χ1v) is 8.16. The van der Waals surface area contributed by atoms with Crippen molar-refractivity contribution in [1.82, 2.24) is 4.98 Å². The van der Waals surface area contributed by atoms with E-state index in [1.54, 1.807) is 18.3 Å². The molecule has 0 spiro atoms. The molecule has 0 saturated carbocycles. The third kappa shape index (κ3) is 3.96. The van der Waals surface area contributed by atoms with Gasteiger partial charge in [-0.25, -0.2) is 13.4 Å². The summed E-state index contributed by atoms with van der Waals surface area (Å²) in [6.45, 7) is 2.10. The average Bonchev–Trinajstić information content (AvgIpc) is 2.40. The molecule has 0 radical (unpaired) electrons. The van der Waals surface area contributed by atoms with Gasteiger partial charge in [0.25, 0.3) is 0 Å². The van der Waals surface area contributed by atoms with E-state index in [0.29, 0.717) is 5.82 Å². The molecule has 0 unspecified atom stereocenters. The van der Waals surface area contributed by atoms with Crippen LogP contribution in [0.15, 0.2) is 42.6 Å². The molecule has 0 aliphatic carbocycles. The summed E-state index contributed by atoms with van der Waals surface area (Å²) < 4.78 is 24.5. The van der Waals surface area contributed by atoms with E-state index in [1.807, 2.05) is 18.2 Å². The molecule has 0 atom stereocenters. The molecule has 0 fully saturated rings. The fourth-order valence-electron chi connectivity index (χ4n) is 1.82. The van der Waals surface area contributed by atoms with E-state index >= 15 is 0 Å². The lowest BCUT2D eigenvalue weighted by Crippen LogP contribution is -2.10. The molecule has 0 amide bonds. The van der Waals surface area contributed by atoms with Crippen molar-refractivity contribution in [3.8, 4) is 0 Å². The number of sulfonamides is 1. The van der Waals surface area contributed by atoms with Crippen LogP contribution in [0.5, 0.6) is 0 Å². The predicted molar refractivity (Wildman–Crippen MR) is 81.8 cm³/mol. The molecule has 2 rings (SSSR count). The Labute approximate surface area is 119 Å². The van der Waals surface area contributed by atoms with Crippen molar-refractivity contribution in [2.75, 3.05) is 16.3 Å². The van der Waals surface area contributed by atoms with E-state index in [9.17, 15) is 8.42 Å². The molecule has 0 bridgehead atoms. The number of benzene rings is 1. The number of nitrogens with one attached hydrogen (secondary N) is 2. The molecular weight excluding hydrogens is 274 g/mol. The van der Waals surface area contributed by atoms with Gasteiger partial charge >= 0.3 is 0 Å². The highest BCUT2D eigenvalue weighted by molar-refractivity contribution is 7.92. The van der Waals surface area contributed by atoms with Crippen LogP contribution in [0.4, 0.5) is 17.2 Å². The summed E-state index contributed by atoms with van der Waals surface area (Å²) >= 11 is 0. The van der Waals surface area contributed by atoms with Gasteiger partial charge in [0, 0.05) is 5.69 Å². The van der Waals surface area contributed by atoms with Crippen LogP contribution < -0.4 is 10.0 Å². The Morgan fingerprint density at radius 1 is 1.15 bits per heavy atom. The maximum atomic E-state index is 11.1. The minimum Gasteiger partial charge on any atom is -0.354 e. The number of para-hydroxylation sites is 1. The number of nitrogens with zero attached hydrogens (tertiary/aromatic N) is 1. The predicted octanol–water partition coefficient (Wildman–Crippen LogP) is 2.76. The van der Waals surface area contributed by atoms with Gasteiger partial charge in [-0.1, -0.05) is 25.1 Å². The van der Waals surface area contributed by atoms with Crippen LogP contribution in [-0.4, -0.2) is 19.7 Å². The Morgan fingerprint density at radius 2 is 1.90 bits per heavy atom. The zero-order valence-electron chi connectivity index (χ0n) is 11.4. The maximum absolute atomic E-state index is 11.1. The normalized spacial score (nSPS) is 11.1. The van der Waals surface area contributed by atoms with Gasteiger partial charge in [0.15, 0.2) is 0 Å². The lowest BCUT2D eigenvalue weighted by Gasteiger charge is -2.11. The molecular formula is C14H17N3O2S. The van der Waals surface area contributed by atoms with E-state index in [1.165, 1.54) is 5.56 Å². The van der Waals surface area contributed by atoms with Gasteiger partial charge in [0.05, 0.1) is 18.1 Å². The monoisotopic (exact) mass is 291 g/mol. The summed E-state index contributed by atoms with van der Waals surface area (Å²) in [5.74, 6) is 0.307. The zero-order chi connectivity index (χ0) is 14.6. The standard InChI is InChI=1S/C14H17N3O2S/c1-3-11-6-4-5-7-13(11)16-12-8-9-14(15-10-12)17-20(2,18)19/h4-10,16H,3H2,1-2H3,(H,15,17). The molecule has 2 N–H and O–H groups in total. The fraction of sp³-hybridized carbons (Fsp3) is 0.214. The SMILES string of the molecule is CCc1ccccc1Nc1ccc(NS(C)(=O)=O)nc1. The third-order valence-corrected chi connectivity index (χ3v) is 3.31. The lowest BCUT2D eigenvalue weighted by atomic mass is 10.1. The van der Waals surface area contributed by atoms with Gasteiger partial charge < -0.3 is 5.32 Å². The summed E-state index contributed by atoms with van der Waals surface area (Å²) in [6, 6.07) is 11.4. The summed E-state index contributed by atoms with van der Waals surface area (Å²) in [6.07, 6.45) is 3.63. The van der Waals surface area contributed by atoms with Crippen molar-refractivity contribution >= 4 is 27.2 Å². The summed E-state index contributed by atoms with van der Waals surface area (Å²) in [7, 11) is -3.29. The van der Waals surface area contributed by atoms with Crippen LogP contribution in [0.3, 0.4) is 0 Å². The third-order valence-electron chi connectivity index (χ3n) is 2.73. The molecule has 5 nitrogen and oxygen atoms in total. The van der Waals surface area contributed by atoms with Crippen molar-refractivity contribution in [3.05, 3.63) is 48.2 Å². The summed E-state index contributed by atoms with van der Waals surface area (Å²) in [5.41, 5.74) is 3.05. The molecule has 20 heavy (non-hydrogen) atoms. The molecule has 2 aromatic rings. The minimum atomic E-state index is -3.29. The van der Waals surface area contributed by atoms with Gasteiger partial charge in [-0.05, 0) is 30.2 Å². The fourth-order valence-corrected chi connectivity index (χ4v) is 2.32. The van der Waals surface area contributed by atoms with Gasteiger partial charge in [0.1, 0.15) is 5.82 Å². The molecule has 106 valence electrons. The molecule has 1 aromatic heterocycles. The van der Waals surface area contributed by atoms with Gasteiger partial charge in [-0.3, -0.25) is 4.72 Å². The Bertz CT molecular complexity index is 682. The Kier molecular flexibility index (Phi) is 4.24. The topological polar surface area (TPSA) is 71.1 Å². The van der Waals surface area contributed by atoms with E-state index in [4.69, 9.17) is 0 Å². The van der Waals surface area contributed by atoms with Crippen LogP contribution in [0.2, 0.25) is 0 Å². The van der Waals surface area contributed by atoms with Crippen LogP contribution in [-0.2, 0) is 16.4 Å². The van der Waals surface area contributed by atoms with Crippen molar-refractivity contribution < 1.29 is 8.42 Å². The highest BCUT2D eigenvalue weighted by atomic mass is 32.2. The minimum absolute atomic E-state index is 0.307. The smallest absolute Gasteiger partial charge is 0.230 e. The average molecular weight is 291 g/mol. The Morgan fingerprint density at radius 3 is 2.50 bits per heavy atom. The first-order chi connectivity index (χ1) is 9.48. The maximum Gasteiger partial charge on any atom is 0.230 e. The molecule has 0 aliphatic rings. The highest BCUT2D eigenvalue weighted by Crippen LogP contribution is 2.21. The molecule has 1 aromatic carbocycles. The highest BCUT2D eigenvalue weighted by Gasteiger charge is 2.04. The van der Waals surface area contributed by atoms with E-state index in [-0.39, 0.29) is 0 Å².